The summed E-state index contributed by atoms with van der Waals surface area (Å²) >= 11 is 1.11. The fraction of sp³-hybridized carbons (Fsp3) is 0.214. The Morgan fingerprint density at radius 3 is 2.57 bits per heavy atom. The molecule has 0 fully saturated rings. The smallest absolute Gasteiger partial charge is 0.250 e. The standard InChI is InChI=1S/C14H16N2O3S2/c1-10-5-6-12(8-11(10)2)16-13(17)9-15-21(18,19)14-4-3-7-20-14/h3-8,15H,9H2,1-2H3,(H,16,17). The molecule has 0 spiro atoms. The molecule has 0 aliphatic heterocycles. The number of aryl methyl sites for hydroxylation is 2. The Labute approximate surface area is 128 Å². The van der Waals surface area contributed by atoms with E-state index in [9.17, 15) is 13.2 Å². The molecule has 1 amide bonds. The van der Waals surface area contributed by atoms with Gasteiger partial charge in [-0.1, -0.05) is 12.1 Å². The zero-order valence-corrected chi connectivity index (χ0v) is 13.3. The lowest BCUT2D eigenvalue weighted by molar-refractivity contribution is -0.115. The van der Waals surface area contributed by atoms with E-state index in [-0.39, 0.29) is 10.8 Å². The summed E-state index contributed by atoms with van der Waals surface area (Å²) in [4.78, 5) is 11.8. The quantitative estimate of drug-likeness (QED) is 0.886. The lowest BCUT2D eigenvalue weighted by atomic mass is 10.1. The van der Waals surface area contributed by atoms with Crippen LogP contribution in [0.5, 0.6) is 0 Å². The van der Waals surface area contributed by atoms with Crippen molar-refractivity contribution in [3.05, 3.63) is 46.8 Å². The van der Waals surface area contributed by atoms with E-state index in [1.54, 1.807) is 17.5 Å². The summed E-state index contributed by atoms with van der Waals surface area (Å²) in [5.74, 6) is -0.404. The third-order valence-corrected chi connectivity index (χ3v) is 5.77. The summed E-state index contributed by atoms with van der Waals surface area (Å²) in [7, 11) is -3.61. The average Bonchev–Trinajstić information content (AvgIpc) is 2.96. The van der Waals surface area contributed by atoms with Gasteiger partial charge >= 0.3 is 0 Å². The van der Waals surface area contributed by atoms with Crippen LogP contribution in [-0.2, 0) is 14.8 Å². The molecule has 21 heavy (non-hydrogen) atoms. The third-order valence-electron chi connectivity index (χ3n) is 2.97. The Morgan fingerprint density at radius 2 is 1.95 bits per heavy atom. The molecule has 2 N–H and O–H groups in total. The Kier molecular flexibility index (Phi) is 4.76. The molecule has 2 aromatic rings. The minimum Gasteiger partial charge on any atom is -0.325 e. The van der Waals surface area contributed by atoms with E-state index in [0.29, 0.717) is 5.69 Å². The number of rotatable bonds is 5. The second-order valence-electron chi connectivity index (χ2n) is 4.60. The molecule has 1 aromatic carbocycles. The van der Waals surface area contributed by atoms with Gasteiger partial charge in [-0.15, -0.1) is 11.3 Å². The fourth-order valence-electron chi connectivity index (χ4n) is 1.67. The lowest BCUT2D eigenvalue weighted by Crippen LogP contribution is -2.32. The molecular weight excluding hydrogens is 308 g/mol. The summed E-state index contributed by atoms with van der Waals surface area (Å²) in [6.07, 6.45) is 0. The van der Waals surface area contributed by atoms with Gasteiger partial charge in [-0.2, -0.15) is 0 Å². The molecular formula is C14H16N2O3S2. The Bertz CT molecular complexity index is 738. The van der Waals surface area contributed by atoms with E-state index in [2.05, 4.69) is 10.0 Å². The number of nitrogens with one attached hydrogen (secondary N) is 2. The van der Waals surface area contributed by atoms with Gasteiger partial charge in [0.25, 0.3) is 10.0 Å². The van der Waals surface area contributed by atoms with Crippen LogP contribution in [0.25, 0.3) is 0 Å². The van der Waals surface area contributed by atoms with Gasteiger partial charge in [0.15, 0.2) is 0 Å². The second-order valence-corrected chi connectivity index (χ2v) is 7.55. The molecule has 0 aliphatic carbocycles. The molecule has 112 valence electrons. The predicted octanol–water partition coefficient (Wildman–Crippen LogP) is 2.28. The molecule has 2 rings (SSSR count). The molecule has 0 atom stereocenters. The van der Waals surface area contributed by atoms with E-state index in [1.807, 2.05) is 26.0 Å². The van der Waals surface area contributed by atoms with Crippen LogP contribution in [0.2, 0.25) is 0 Å². The van der Waals surface area contributed by atoms with Crippen LogP contribution in [0.4, 0.5) is 5.69 Å². The molecule has 0 saturated carbocycles. The van der Waals surface area contributed by atoms with Gasteiger partial charge in [0.1, 0.15) is 4.21 Å². The Balaban J connectivity index is 1.95. The third kappa shape index (κ3) is 4.13. The fourth-order valence-corrected chi connectivity index (χ4v) is 3.69. The van der Waals surface area contributed by atoms with Crippen molar-refractivity contribution in [1.29, 1.82) is 0 Å². The van der Waals surface area contributed by atoms with Gasteiger partial charge < -0.3 is 5.32 Å². The summed E-state index contributed by atoms with van der Waals surface area (Å²) in [5.41, 5.74) is 2.84. The van der Waals surface area contributed by atoms with Crippen molar-refractivity contribution in [2.45, 2.75) is 18.1 Å². The molecule has 0 bridgehead atoms. The van der Waals surface area contributed by atoms with Crippen LogP contribution in [-0.4, -0.2) is 20.9 Å². The van der Waals surface area contributed by atoms with Gasteiger partial charge in [-0.25, -0.2) is 13.1 Å². The van der Waals surface area contributed by atoms with E-state index in [4.69, 9.17) is 0 Å². The number of anilines is 1. The van der Waals surface area contributed by atoms with Crippen LogP contribution in [0.3, 0.4) is 0 Å². The van der Waals surface area contributed by atoms with Crippen molar-refractivity contribution < 1.29 is 13.2 Å². The van der Waals surface area contributed by atoms with Crippen LogP contribution >= 0.6 is 11.3 Å². The average molecular weight is 324 g/mol. The van der Waals surface area contributed by atoms with E-state index < -0.39 is 15.9 Å². The summed E-state index contributed by atoms with van der Waals surface area (Å²) in [6.45, 7) is 3.63. The normalized spacial score (nSPS) is 11.3. The molecule has 0 unspecified atom stereocenters. The number of benzene rings is 1. The Hall–Kier alpha value is -1.70. The number of carbonyl (C=O) groups excluding carboxylic acids is 1. The SMILES string of the molecule is Cc1ccc(NC(=O)CNS(=O)(=O)c2cccs2)cc1C. The zero-order chi connectivity index (χ0) is 15.5. The highest BCUT2D eigenvalue weighted by molar-refractivity contribution is 7.91. The van der Waals surface area contributed by atoms with Crippen molar-refractivity contribution in [3.63, 3.8) is 0 Å². The van der Waals surface area contributed by atoms with Crippen LogP contribution in [0.1, 0.15) is 11.1 Å². The number of thiophene rings is 1. The van der Waals surface area contributed by atoms with E-state index in [1.165, 1.54) is 6.07 Å². The number of hydrogen-bond acceptors (Lipinski definition) is 4. The number of amides is 1. The number of carbonyl (C=O) groups is 1. The molecule has 5 nitrogen and oxygen atoms in total. The molecule has 0 radical (unpaired) electrons. The predicted molar refractivity (Wildman–Crippen MR) is 84.1 cm³/mol. The van der Waals surface area contributed by atoms with Crippen LogP contribution in [0, 0.1) is 13.8 Å². The first kappa shape index (κ1) is 15.7. The van der Waals surface area contributed by atoms with Gasteiger partial charge in [-0.3, -0.25) is 4.79 Å². The molecule has 0 aliphatic rings. The molecule has 1 aromatic heterocycles. The zero-order valence-electron chi connectivity index (χ0n) is 11.7. The first-order valence-electron chi connectivity index (χ1n) is 6.29. The lowest BCUT2D eigenvalue weighted by Gasteiger charge is -2.08. The second kappa shape index (κ2) is 6.38. The maximum absolute atomic E-state index is 11.9. The maximum atomic E-state index is 11.9. The minimum atomic E-state index is -3.61. The maximum Gasteiger partial charge on any atom is 0.250 e. The minimum absolute atomic E-state index is 0.196. The van der Waals surface area contributed by atoms with Crippen LogP contribution < -0.4 is 10.0 Å². The molecule has 7 heteroatoms. The van der Waals surface area contributed by atoms with Crippen molar-refractivity contribution in [1.82, 2.24) is 4.72 Å². The van der Waals surface area contributed by atoms with Crippen LogP contribution in [0.15, 0.2) is 39.9 Å². The summed E-state index contributed by atoms with van der Waals surface area (Å²) in [5, 5.41) is 4.34. The number of sulfonamides is 1. The topological polar surface area (TPSA) is 75.3 Å². The van der Waals surface area contributed by atoms with Crippen molar-refractivity contribution in [2.75, 3.05) is 11.9 Å². The van der Waals surface area contributed by atoms with E-state index in [0.717, 1.165) is 22.5 Å². The Morgan fingerprint density at radius 1 is 1.19 bits per heavy atom. The summed E-state index contributed by atoms with van der Waals surface area (Å²) < 4.78 is 26.2. The highest BCUT2D eigenvalue weighted by atomic mass is 32.2. The highest BCUT2D eigenvalue weighted by Crippen LogP contribution is 2.16. The highest BCUT2D eigenvalue weighted by Gasteiger charge is 2.16. The molecule has 1 heterocycles. The van der Waals surface area contributed by atoms with Gasteiger partial charge in [-0.05, 0) is 48.6 Å². The first-order chi connectivity index (χ1) is 9.88. The molecule has 0 saturated heterocycles. The van der Waals surface area contributed by atoms with Crippen molar-refractivity contribution >= 4 is 33.0 Å². The first-order valence-corrected chi connectivity index (χ1v) is 8.65. The van der Waals surface area contributed by atoms with Crippen molar-refractivity contribution in [3.8, 4) is 0 Å². The van der Waals surface area contributed by atoms with E-state index >= 15 is 0 Å². The monoisotopic (exact) mass is 324 g/mol. The largest absolute Gasteiger partial charge is 0.325 e. The number of hydrogen-bond donors (Lipinski definition) is 2. The van der Waals surface area contributed by atoms with Gasteiger partial charge in [0, 0.05) is 5.69 Å². The van der Waals surface area contributed by atoms with Gasteiger partial charge in [0.05, 0.1) is 6.54 Å². The van der Waals surface area contributed by atoms with Crippen molar-refractivity contribution in [2.24, 2.45) is 0 Å². The summed E-state index contributed by atoms with van der Waals surface area (Å²) in [6, 6.07) is 8.68. The van der Waals surface area contributed by atoms with Gasteiger partial charge in [0.2, 0.25) is 5.91 Å².